The summed E-state index contributed by atoms with van der Waals surface area (Å²) in [6, 6.07) is 7.67. The maximum Gasteiger partial charge on any atom is 0.222 e. The normalized spacial score (nSPS) is 24.2. The number of benzene rings is 1. The van der Waals surface area contributed by atoms with Crippen molar-refractivity contribution in [3.05, 3.63) is 59.4 Å². The van der Waals surface area contributed by atoms with E-state index in [0.29, 0.717) is 23.6 Å². The van der Waals surface area contributed by atoms with E-state index < -0.39 is 5.82 Å². The third-order valence-electron chi connectivity index (χ3n) is 6.08. The van der Waals surface area contributed by atoms with Crippen molar-refractivity contribution in [1.29, 1.82) is 0 Å². The van der Waals surface area contributed by atoms with Gasteiger partial charge in [0.1, 0.15) is 11.6 Å². The lowest BCUT2D eigenvalue weighted by Gasteiger charge is -2.23. The number of nitrogens with one attached hydrogen (secondary N) is 1. The van der Waals surface area contributed by atoms with Crippen LogP contribution in [0.5, 0.6) is 0 Å². The number of rotatable bonds is 3. The Balaban J connectivity index is 1.61. The molecule has 5 rings (SSSR count). The molecule has 3 aromatic rings. The molecule has 2 aliphatic rings. The molecule has 0 bridgehead atoms. The molecular formula is C21H21F2N5O. The molecule has 4 heterocycles. The van der Waals surface area contributed by atoms with E-state index in [1.54, 1.807) is 10.7 Å². The van der Waals surface area contributed by atoms with Crippen LogP contribution in [-0.4, -0.2) is 44.5 Å². The minimum atomic E-state index is -0.432. The molecule has 2 aromatic heterocycles. The van der Waals surface area contributed by atoms with Gasteiger partial charge >= 0.3 is 0 Å². The molecule has 1 amide bonds. The van der Waals surface area contributed by atoms with Gasteiger partial charge in [0.15, 0.2) is 11.5 Å². The van der Waals surface area contributed by atoms with E-state index in [1.165, 1.54) is 19.1 Å². The lowest BCUT2D eigenvalue weighted by atomic mass is 9.81. The Bertz CT molecular complexity index is 1100. The molecule has 3 atom stereocenters. The standard InChI is InChI=1S/C21H21F2N5O/c1-12(29)25-20-10-24-19-7-6-17(26-28(19)20)21-15(11-27-8-2-3-18(21)27)14-9-13(22)4-5-16(14)23/h4-7,9-10,15,18,21H,2-3,8,11H2,1H3,(H,25,29)/t15?,18?,21-/m0/s1. The van der Waals surface area contributed by atoms with Crippen LogP contribution >= 0.6 is 0 Å². The number of anilines is 1. The van der Waals surface area contributed by atoms with Crippen LogP contribution in [0.3, 0.4) is 0 Å². The molecule has 2 aliphatic heterocycles. The van der Waals surface area contributed by atoms with Gasteiger partial charge in [-0.2, -0.15) is 9.61 Å². The van der Waals surface area contributed by atoms with Gasteiger partial charge in [0.25, 0.3) is 0 Å². The zero-order valence-electron chi connectivity index (χ0n) is 16.0. The average molecular weight is 397 g/mol. The first-order valence-corrected chi connectivity index (χ1v) is 9.82. The Labute approximate surface area is 166 Å². The second-order valence-electron chi connectivity index (χ2n) is 7.86. The number of hydrogen-bond acceptors (Lipinski definition) is 4. The molecular weight excluding hydrogens is 376 g/mol. The van der Waals surface area contributed by atoms with Crippen molar-refractivity contribution >= 4 is 17.4 Å². The Morgan fingerprint density at radius 1 is 1.24 bits per heavy atom. The highest BCUT2D eigenvalue weighted by Crippen LogP contribution is 2.48. The van der Waals surface area contributed by atoms with Crippen LogP contribution in [0.4, 0.5) is 14.6 Å². The summed E-state index contributed by atoms with van der Waals surface area (Å²) in [7, 11) is 0. The summed E-state index contributed by atoms with van der Waals surface area (Å²) < 4.78 is 30.1. The Morgan fingerprint density at radius 3 is 2.93 bits per heavy atom. The summed E-state index contributed by atoms with van der Waals surface area (Å²) >= 11 is 0. The van der Waals surface area contributed by atoms with Gasteiger partial charge in [-0.3, -0.25) is 9.69 Å². The van der Waals surface area contributed by atoms with Gasteiger partial charge in [0.2, 0.25) is 5.91 Å². The number of carbonyl (C=O) groups excluding carboxylic acids is 1. The highest BCUT2D eigenvalue weighted by atomic mass is 19.1. The van der Waals surface area contributed by atoms with Crippen molar-refractivity contribution in [1.82, 2.24) is 19.5 Å². The van der Waals surface area contributed by atoms with Gasteiger partial charge in [-0.1, -0.05) is 0 Å². The van der Waals surface area contributed by atoms with Gasteiger partial charge in [0.05, 0.1) is 11.9 Å². The molecule has 1 N–H and O–H groups in total. The first-order chi connectivity index (χ1) is 14.0. The van der Waals surface area contributed by atoms with Crippen molar-refractivity contribution in [3.63, 3.8) is 0 Å². The molecule has 150 valence electrons. The second-order valence-corrected chi connectivity index (χ2v) is 7.86. The highest BCUT2D eigenvalue weighted by molar-refractivity contribution is 5.87. The monoisotopic (exact) mass is 397 g/mol. The molecule has 6 nitrogen and oxygen atoms in total. The summed E-state index contributed by atoms with van der Waals surface area (Å²) in [5, 5.41) is 7.49. The molecule has 29 heavy (non-hydrogen) atoms. The summed E-state index contributed by atoms with van der Waals surface area (Å²) in [4.78, 5) is 18.1. The fourth-order valence-corrected chi connectivity index (χ4v) is 4.94. The van der Waals surface area contributed by atoms with E-state index in [1.807, 2.05) is 12.1 Å². The lowest BCUT2D eigenvalue weighted by molar-refractivity contribution is -0.114. The fourth-order valence-electron chi connectivity index (χ4n) is 4.94. The number of aromatic nitrogens is 3. The quantitative estimate of drug-likeness (QED) is 0.737. The first kappa shape index (κ1) is 18.2. The smallest absolute Gasteiger partial charge is 0.222 e. The van der Waals surface area contributed by atoms with Crippen LogP contribution in [0, 0.1) is 11.6 Å². The summed E-state index contributed by atoms with van der Waals surface area (Å²) in [5.74, 6) is -0.784. The third-order valence-corrected chi connectivity index (χ3v) is 6.08. The Kier molecular flexibility index (Phi) is 4.31. The third kappa shape index (κ3) is 3.07. The minimum Gasteiger partial charge on any atom is -0.310 e. The highest BCUT2D eigenvalue weighted by Gasteiger charge is 2.46. The number of carbonyl (C=O) groups is 1. The predicted molar refractivity (Wildman–Crippen MR) is 104 cm³/mol. The number of fused-ring (bicyclic) bond motifs is 2. The van der Waals surface area contributed by atoms with E-state index in [2.05, 4.69) is 15.2 Å². The molecule has 1 aromatic carbocycles. The van der Waals surface area contributed by atoms with E-state index in [-0.39, 0.29) is 29.6 Å². The molecule has 0 spiro atoms. The van der Waals surface area contributed by atoms with Crippen molar-refractivity contribution in [3.8, 4) is 0 Å². The molecule has 0 aliphatic carbocycles. The van der Waals surface area contributed by atoms with Crippen LogP contribution in [0.1, 0.15) is 42.9 Å². The molecule has 2 saturated heterocycles. The second kappa shape index (κ2) is 6.88. The van der Waals surface area contributed by atoms with Crippen LogP contribution in [0.25, 0.3) is 5.65 Å². The summed E-state index contributed by atoms with van der Waals surface area (Å²) in [5.41, 5.74) is 1.82. The van der Waals surface area contributed by atoms with E-state index in [9.17, 15) is 13.6 Å². The van der Waals surface area contributed by atoms with Crippen molar-refractivity contribution in [2.45, 2.75) is 37.6 Å². The SMILES string of the molecule is CC(=O)Nc1cnc2ccc([C@@H]3C(c4cc(F)ccc4F)CN4CCCC34)nn12. The first-order valence-electron chi connectivity index (χ1n) is 9.82. The maximum absolute atomic E-state index is 14.6. The number of hydrogen-bond donors (Lipinski definition) is 1. The average Bonchev–Trinajstić information content (AvgIpc) is 3.37. The fraction of sp³-hybridized carbons (Fsp3) is 0.381. The largest absolute Gasteiger partial charge is 0.310 e. The van der Waals surface area contributed by atoms with Crippen molar-refractivity contribution in [2.75, 3.05) is 18.4 Å². The van der Waals surface area contributed by atoms with Crippen molar-refractivity contribution in [2.24, 2.45) is 0 Å². The molecule has 8 heteroatoms. The van der Waals surface area contributed by atoms with Crippen molar-refractivity contribution < 1.29 is 13.6 Å². The van der Waals surface area contributed by atoms with Gasteiger partial charge in [-0.15, -0.1) is 0 Å². The van der Waals surface area contributed by atoms with Gasteiger partial charge in [0, 0.05) is 31.3 Å². The summed E-state index contributed by atoms with van der Waals surface area (Å²) in [6.07, 6.45) is 3.65. The zero-order chi connectivity index (χ0) is 20.1. The molecule has 2 fully saturated rings. The number of imidazole rings is 1. The van der Waals surface area contributed by atoms with Crippen LogP contribution in [0.2, 0.25) is 0 Å². The number of halogens is 2. The van der Waals surface area contributed by atoms with E-state index in [0.717, 1.165) is 31.1 Å². The summed E-state index contributed by atoms with van der Waals surface area (Å²) in [6.45, 7) is 3.07. The lowest BCUT2D eigenvalue weighted by Crippen LogP contribution is -2.25. The van der Waals surface area contributed by atoms with Crippen LogP contribution in [0.15, 0.2) is 36.5 Å². The van der Waals surface area contributed by atoms with Gasteiger partial charge < -0.3 is 5.32 Å². The predicted octanol–water partition coefficient (Wildman–Crippen LogP) is 3.31. The van der Waals surface area contributed by atoms with Gasteiger partial charge in [-0.05, 0) is 55.3 Å². The van der Waals surface area contributed by atoms with Crippen LogP contribution < -0.4 is 5.32 Å². The Hall–Kier alpha value is -2.87. The maximum atomic E-state index is 14.6. The number of nitrogens with zero attached hydrogens (tertiary/aromatic N) is 4. The van der Waals surface area contributed by atoms with Gasteiger partial charge in [-0.25, -0.2) is 13.8 Å². The Morgan fingerprint density at radius 2 is 2.10 bits per heavy atom. The van der Waals surface area contributed by atoms with E-state index >= 15 is 0 Å². The van der Waals surface area contributed by atoms with Crippen LogP contribution in [-0.2, 0) is 4.79 Å². The minimum absolute atomic E-state index is 0.0641. The molecule has 0 saturated carbocycles. The van der Waals surface area contributed by atoms with E-state index in [4.69, 9.17) is 5.10 Å². The zero-order valence-corrected chi connectivity index (χ0v) is 16.0. The topological polar surface area (TPSA) is 62.5 Å². The number of amides is 1. The molecule has 2 unspecified atom stereocenters. The molecule has 0 radical (unpaired) electrons.